The van der Waals surface area contributed by atoms with E-state index in [-0.39, 0.29) is 5.91 Å². The van der Waals surface area contributed by atoms with Gasteiger partial charge in [-0.1, -0.05) is 13.8 Å². The maximum Gasteiger partial charge on any atom is 0.240 e. The first kappa shape index (κ1) is 14.2. The molecule has 1 N–H and O–H groups in total. The molecule has 0 fully saturated rings. The Bertz CT molecular complexity index is 458. The van der Waals surface area contributed by atoms with Gasteiger partial charge >= 0.3 is 0 Å². The molecule has 4 nitrogen and oxygen atoms in total. The standard InChI is InChI=1S/C14H19N3O/c1-4-14(5-2,10-15)13(18)17-9-12-6-7-16-8-11(12)3/h6-8H,4-5,9H2,1-3H3,(H,17,18). The van der Waals surface area contributed by atoms with Crippen LogP contribution in [0.5, 0.6) is 0 Å². The minimum atomic E-state index is -0.902. The SMILES string of the molecule is CCC(C#N)(CC)C(=O)NCc1ccncc1C. The summed E-state index contributed by atoms with van der Waals surface area (Å²) in [6, 6.07) is 4.02. The molecule has 1 amide bonds. The molecule has 18 heavy (non-hydrogen) atoms. The lowest BCUT2D eigenvalue weighted by Gasteiger charge is -2.22. The number of nitriles is 1. The van der Waals surface area contributed by atoms with Gasteiger partial charge in [0.1, 0.15) is 5.41 Å². The maximum absolute atomic E-state index is 12.1. The third-order valence-electron chi connectivity index (χ3n) is 3.43. The zero-order valence-corrected chi connectivity index (χ0v) is 11.2. The molecule has 0 atom stereocenters. The first-order valence-corrected chi connectivity index (χ1v) is 6.18. The van der Waals surface area contributed by atoms with E-state index < -0.39 is 5.41 Å². The Labute approximate surface area is 108 Å². The van der Waals surface area contributed by atoms with Gasteiger partial charge in [-0.3, -0.25) is 9.78 Å². The lowest BCUT2D eigenvalue weighted by Crippen LogP contribution is -2.39. The number of pyridine rings is 1. The molecular weight excluding hydrogens is 226 g/mol. The Balaban J connectivity index is 2.73. The molecule has 0 unspecified atom stereocenters. The van der Waals surface area contributed by atoms with Crippen molar-refractivity contribution in [1.82, 2.24) is 10.3 Å². The average Bonchev–Trinajstić information content (AvgIpc) is 2.40. The van der Waals surface area contributed by atoms with Crippen molar-refractivity contribution in [2.45, 2.75) is 40.2 Å². The van der Waals surface area contributed by atoms with Crippen LogP contribution in [-0.4, -0.2) is 10.9 Å². The van der Waals surface area contributed by atoms with Crippen molar-refractivity contribution in [3.8, 4) is 6.07 Å². The van der Waals surface area contributed by atoms with Gasteiger partial charge in [-0.05, 0) is 37.0 Å². The van der Waals surface area contributed by atoms with Crippen LogP contribution in [0.4, 0.5) is 0 Å². The van der Waals surface area contributed by atoms with Gasteiger partial charge < -0.3 is 5.32 Å². The first-order valence-electron chi connectivity index (χ1n) is 6.18. The fourth-order valence-corrected chi connectivity index (χ4v) is 1.83. The topological polar surface area (TPSA) is 65.8 Å². The Morgan fingerprint density at radius 2 is 2.17 bits per heavy atom. The second-order valence-corrected chi connectivity index (χ2v) is 4.39. The van der Waals surface area contributed by atoms with E-state index in [9.17, 15) is 10.1 Å². The van der Waals surface area contributed by atoms with E-state index in [4.69, 9.17) is 0 Å². The smallest absolute Gasteiger partial charge is 0.240 e. The molecule has 0 aliphatic rings. The molecule has 1 rings (SSSR count). The molecule has 4 heteroatoms. The summed E-state index contributed by atoms with van der Waals surface area (Å²) in [6.45, 7) is 6.12. The largest absolute Gasteiger partial charge is 0.351 e. The molecule has 0 radical (unpaired) electrons. The number of aromatic nitrogens is 1. The van der Waals surface area contributed by atoms with E-state index in [1.807, 2.05) is 26.8 Å². The minimum Gasteiger partial charge on any atom is -0.351 e. The van der Waals surface area contributed by atoms with Gasteiger partial charge in [0.2, 0.25) is 5.91 Å². The summed E-state index contributed by atoms with van der Waals surface area (Å²) in [7, 11) is 0. The van der Waals surface area contributed by atoms with Crippen LogP contribution < -0.4 is 5.32 Å². The molecule has 0 aromatic carbocycles. The zero-order valence-electron chi connectivity index (χ0n) is 11.2. The molecule has 0 spiro atoms. The second kappa shape index (κ2) is 6.15. The summed E-state index contributed by atoms with van der Waals surface area (Å²) in [4.78, 5) is 16.1. The number of hydrogen-bond donors (Lipinski definition) is 1. The molecule has 1 heterocycles. The van der Waals surface area contributed by atoms with E-state index in [2.05, 4.69) is 16.4 Å². The van der Waals surface area contributed by atoms with Crippen LogP contribution in [0, 0.1) is 23.7 Å². The Kier molecular flexibility index (Phi) is 4.85. The summed E-state index contributed by atoms with van der Waals surface area (Å²) < 4.78 is 0. The normalized spacial score (nSPS) is 10.8. The van der Waals surface area contributed by atoms with Crippen molar-refractivity contribution in [2.24, 2.45) is 5.41 Å². The van der Waals surface area contributed by atoms with Gasteiger partial charge in [0.25, 0.3) is 0 Å². The van der Waals surface area contributed by atoms with E-state index in [0.717, 1.165) is 11.1 Å². The van der Waals surface area contributed by atoms with Crippen molar-refractivity contribution >= 4 is 5.91 Å². The number of nitrogens with zero attached hydrogens (tertiary/aromatic N) is 2. The fourth-order valence-electron chi connectivity index (χ4n) is 1.83. The van der Waals surface area contributed by atoms with Crippen LogP contribution in [0.1, 0.15) is 37.8 Å². The number of amides is 1. The lowest BCUT2D eigenvalue weighted by atomic mass is 9.83. The average molecular weight is 245 g/mol. The van der Waals surface area contributed by atoms with Crippen molar-refractivity contribution < 1.29 is 4.79 Å². The van der Waals surface area contributed by atoms with Gasteiger partial charge in [-0.2, -0.15) is 5.26 Å². The summed E-state index contributed by atoms with van der Waals surface area (Å²) in [5, 5.41) is 12.0. The fraction of sp³-hybridized carbons (Fsp3) is 0.500. The number of aryl methyl sites for hydroxylation is 1. The first-order chi connectivity index (χ1) is 8.59. The highest BCUT2D eigenvalue weighted by molar-refractivity contribution is 5.85. The van der Waals surface area contributed by atoms with Gasteiger partial charge in [0.15, 0.2) is 0 Å². The Morgan fingerprint density at radius 1 is 1.50 bits per heavy atom. The Morgan fingerprint density at radius 3 is 2.67 bits per heavy atom. The number of carbonyl (C=O) groups excluding carboxylic acids is 1. The summed E-state index contributed by atoms with van der Waals surface area (Å²) in [5.41, 5.74) is 1.16. The molecular formula is C14H19N3O. The van der Waals surface area contributed by atoms with E-state index >= 15 is 0 Å². The second-order valence-electron chi connectivity index (χ2n) is 4.39. The van der Waals surface area contributed by atoms with Crippen LogP contribution in [0.2, 0.25) is 0 Å². The van der Waals surface area contributed by atoms with E-state index in [1.165, 1.54) is 0 Å². The van der Waals surface area contributed by atoms with E-state index in [0.29, 0.717) is 19.4 Å². The van der Waals surface area contributed by atoms with Crippen LogP contribution in [0.15, 0.2) is 18.5 Å². The summed E-state index contributed by atoms with van der Waals surface area (Å²) >= 11 is 0. The zero-order chi connectivity index (χ0) is 13.6. The summed E-state index contributed by atoms with van der Waals surface area (Å²) in [6.07, 6.45) is 4.52. The lowest BCUT2D eigenvalue weighted by molar-refractivity contribution is -0.128. The molecule has 0 bridgehead atoms. The van der Waals surface area contributed by atoms with Crippen LogP contribution in [0.3, 0.4) is 0 Å². The number of nitrogens with one attached hydrogen (secondary N) is 1. The van der Waals surface area contributed by atoms with Crippen LogP contribution >= 0.6 is 0 Å². The Hall–Kier alpha value is -1.89. The number of rotatable bonds is 5. The summed E-state index contributed by atoms with van der Waals surface area (Å²) in [5.74, 6) is -0.189. The third-order valence-corrected chi connectivity index (χ3v) is 3.43. The minimum absolute atomic E-state index is 0.189. The number of carbonyl (C=O) groups is 1. The molecule has 0 saturated heterocycles. The number of hydrogen-bond acceptors (Lipinski definition) is 3. The highest BCUT2D eigenvalue weighted by atomic mass is 16.2. The van der Waals surface area contributed by atoms with Crippen molar-refractivity contribution in [3.05, 3.63) is 29.6 Å². The molecule has 0 aliphatic heterocycles. The van der Waals surface area contributed by atoms with Gasteiger partial charge in [-0.15, -0.1) is 0 Å². The molecule has 0 aliphatic carbocycles. The van der Waals surface area contributed by atoms with Gasteiger partial charge in [-0.25, -0.2) is 0 Å². The highest BCUT2D eigenvalue weighted by Gasteiger charge is 2.34. The van der Waals surface area contributed by atoms with E-state index in [1.54, 1.807) is 12.4 Å². The molecule has 0 saturated carbocycles. The molecule has 1 aromatic rings. The van der Waals surface area contributed by atoms with Crippen LogP contribution in [0.25, 0.3) is 0 Å². The predicted octanol–water partition coefficient (Wildman–Crippen LogP) is 2.34. The third kappa shape index (κ3) is 2.86. The molecule has 96 valence electrons. The monoisotopic (exact) mass is 245 g/mol. The quantitative estimate of drug-likeness (QED) is 0.865. The highest BCUT2D eigenvalue weighted by Crippen LogP contribution is 2.25. The molecule has 1 aromatic heterocycles. The van der Waals surface area contributed by atoms with Crippen LogP contribution in [-0.2, 0) is 11.3 Å². The van der Waals surface area contributed by atoms with Gasteiger partial charge in [0, 0.05) is 18.9 Å². The predicted molar refractivity (Wildman–Crippen MR) is 69.4 cm³/mol. The van der Waals surface area contributed by atoms with Gasteiger partial charge in [0.05, 0.1) is 6.07 Å². The van der Waals surface area contributed by atoms with Crippen molar-refractivity contribution in [1.29, 1.82) is 5.26 Å². The maximum atomic E-state index is 12.1. The van der Waals surface area contributed by atoms with Crippen molar-refractivity contribution in [3.63, 3.8) is 0 Å². The van der Waals surface area contributed by atoms with Crippen molar-refractivity contribution in [2.75, 3.05) is 0 Å².